The summed E-state index contributed by atoms with van der Waals surface area (Å²) in [6.45, 7) is 10.3. The fraction of sp³-hybridized carbons (Fsp3) is 0.409. The fourth-order valence-electron chi connectivity index (χ4n) is 4.07. The lowest BCUT2D eigenvalue weighted by Gasteiger charge is -2.47. The van der Waals surface area contributed by atoms with E-state index < -0.39 is 0 Å². The summed E-state index contributed by atoms with van der Waals surface area (Å²) in [5, 5.41) is 0. The van der Waals surface area contributed by atoms with Crippen molar-refractivity contribution in [2.24, 2.45) is 4.99 Å². The largest absolute Gasteiger partial charge is 0.494 e. The van der Waals surface area contributed by atoms with Crippen molar-refractivity contribution in [3.05, 3.63) is 53.6 Å². The van der Waals surface area contributed by atoms with Crippen LogP contribution in [0.4, 0.5) is 11.4 Å². The van der Waals surface area contributed by atoms with Gasteiger partial charge in [0.1, 0.15) is 11.4 Å². The number of rotatable bonds is 4. The summed E-state index contributed by atoms with van der Waals surface area (Å²) in [5.74, 6) is 1.34. The van der Waals surface area contributed by atoms with E-state index in [0.29, 0.717) is 5.92 Å². The lowest BCUT2D eigenvalue weighted by Crippen LogP contribution is -2.48. The van der Waals surface area contributed by atoms with E-state index in [1.165, 1.54) is 17.7 Å². The first-order chi connectivity index (χ1) is 12.0. The maximum Gasteiger partial charge on any atom is 0.144 e. The van der Waals surface area contributed by atoms with Gasteiger partial charge in [-0.1, -0.05) is 25.1 Å². The molecule has 1 atom stereocenters. The maximum absolute atomic E-state index is 5.37. The Kier molecular flexibility index (Phi) is 4.85. The summed E-state index contributed by atoms with van der Waals surface area (Å²) in [6, 6.07) is 14.5. The highest BCUT2D eigenvalue weighted by Gasteiger charge is 2.35. The van der Waals surface area contributed by atoms with Gasteiger partial charge in [-0.3, -0.25) is 4.99 Å². The molecule has 0 radical (unpaired) electrons. The average molecular weight is 336 g/mol. The zero-order valence-corrected chi connectivity index (χ0v) is 15.9. The molecule has 2 aromatic carbocycles. The van der Waals surface area contributed by atoms with Gasteiger partial charge in [-0.25, -0.2) is 0 Å². The molecule has 2 aromatic rings. The minimum atomic E-state index is 0.203. The summed E-state index contributed by atoms with van der Waals surface area (Å²) >= 11 is 0. The first kappa shape index (κ1) is 17.5. The number of para-hydroxylation sites is 2. The van der Waals surface area contributed by atoms with Crippen LogP contribution >= 0.6 is 0 Å². The monoisotopic (exact) mass is 336 g/mol. The van der Waals surface area contributed by atoms with Gasteiger partial charge in [-0.15, -0.1) is 0 Å². The SMILES string of the molecule is CCN1c2ccc(C=Nc3ccccc3OC)cc2[C@H](C)CC1(C)C. The van der Waals surface area contributed by atoms with E-state index in [0.717, 1.165) is 23.5 Å². The Labute approximate surface area is 151 Å². The minimum Gasteiger partial charge on any atom is -0.494 e. The molecule has 0 aliphatic carbocycles. The third kappa shape index (κ3) is 3.41. The predicted molar refractivity (Wildman–Crippen MR) is 107 cm³/mol. The van der Waals surface area contributed by atoms with Crippen molar-refractivity contribution in [2.75, 3.05) is 18.6 Å². The van der Waals surface area contributed by atoms with Gasteiger partial charge >= 0.3 is 0 Å². The number of ether oxygens (including phenoxy) is 1. The zero-order valence-electron chi connectivity index (χ0n) is 15.9. The number of anilines is 1. The third-order valence-electron chi connectivity index (χ3n) is 5.16. The van der Waals surface area contributed by atoms with Crippen LogP contribution in [0.5, 0.6) is 5.75 Å². The first-order valence-corrected chi connectivity index (χ1v) is 9.05. The Bertz CT molecular complexity index is 779. The van der Waals surface area contributed by atoms with Crippen molar-refractivity contribution in [1.29, 1.82) is 0 Å². The van der Waals surface area contributed by atoms with Crippen LogP contribution in [0.2, 0.25) is 0 Å². The minimum absolute atomic E-state index is 0.203. The van der Waals surface area contributed by atoms with Crippen LogP contribution in [0.3, 0.4) is 0 Å². The summed E-state index contributed by atoms with van der Waals surface area (Å²) < 4.78 is 5.37. The van der Waals surface area contributed by atoms with Gasteiger partial charge in [0.25, 0.3) is 0 Å². The topological polar surface area (TPSA) is 24.8 Å². The van der Waals surface area contributed by atoms with Gasteiger partial charge in [-0.2, -0.15) is 0 Å². The van der Waals surface area contributed by atoms with Crippen LogP contribution in [0, 0.1) is 0 Å². The number of benzene rings is 2. The lowest BCUT2D eigenvalue weighted by atomic mass is 9.79. The molecule has 1 aliphatic rings. The molecule has 0 spiro atoms. The van der Waals surface area contributed by atoms with Crippen molar-refractivity contribution >= 4 is 17.6 Å². The van der Waals surface area contributed by atoms with Crippen LogP contribution in [-0.2, 0) is 0 Å². The Hall–Kier alpha value is -2.29. The summed E-state index contributed by atoms with van der Waals surface area (Å²) in [7, 11) is 1.68. The number of hydrogen-bond donors (Lipinski definition) is 0. The maximum atomic E-state index is 5.37. The molecule has 0 unspecified atom stereocenters. The second kappa shape index (κ2) is 6.91. The van der Waals surface area contributed by atoms with Gasteiger partial charge in [0, 0.05) is 24.0 Å². The third-order valence-corrected chi connectivity index (χ3v) is 5.16. The van der Waals surface area contributed by atoms with E-state index in [2.05, 4.69) is 55.8 Å². The number of nitrogens with zero attached hydrogens (tertiary/aromatic N) is 2. The molecule has 0 saturated heterocycles. The Morgan fingerprint density at radius 2 is 2.00 bits per heavy atom. The molecular weight excluding hydrogens is 308 g/mol. The molecule has 0 N–H and O–H groups in total. The second-order valence-electron chi connectivity index (χ2n) is 7.41. The van der Waals surface area contributed by atoms with Gasteiger partial charge < -0.3 is 9.64 Å². The van der Waals surface area contributed by atoms with Gasteiger partial charge in [0.2, 0.25) is 0 Å². The standard InChI is InChI=1S/C22H28N2O/c1-6-24-20-12-11-17(13-18(20)16(2)14-22(24,3)4)15-23-19-9-7-8-10-21(19)25-5/h7-13,15-16H,6,14H2,1-5H3/t16-/m1/s1. The molecule has 0 fully saturated rings. The van der Waals surface area contributed by atoms with Crippen molar-refractivity contribution in [3.63, 3.8) is 0 Å². The smallest absolute Gasteiger partial charge is 0.144 e. The highest BCUT2D eigenvalue weighted by molar-refractivity contribution is 5.84. The normalized spacial score (nSPS) is 19.1. The van der Waals surface area contributed by atoms with Crippen molar-refractivity contribution in [2.45, 2.75) is 45.6 Å². The average Bonchev–Trinajstić information content (AvgIpc) is 2.60. The molecule has 3 rings (SSSR count). The van der Waals surface area contributed by atoms with E-state index in [1.807, 2.05) is 30.5 Å². The second-order valence-corrected chi connectivity index (χ2v) is 7.41. The first-order valence-electron chi connectivity index (χ1n) is 9.05. The summed E-state index contributed by atoms with van der Waals surface area (Å²) in [6.07, 6.45) is 3.10. The van der Waals surface area contributed by atoms with Crippen LogP contribution < -0.4 is 9.64 Å². The van der Waals surface area contributed by atoms with E-state index in [4.69, 9.17) is 4.74 Å². The number of aliphatic imine (C=N–C) groups is 1. The number of hydrogen-bond acceptors (Lipinski definition) is 3. The molecule has 3 heteroatoms. The van der Waals surface area contributed by atoms with Crippen LogP contribution in [-0.4, -0.2) is 25.4 Å². The Balaban J connectivity index is 1.94. The number of fused-ring (bicyclic) bond motifs is 1. The molecular formula is C22H28N2O. The Morgan fingerprint density at radius 3 is 2.72 bits per heavy atom. The van der Waals surface area contributed by atoms with Crippen molar-refractivity contribution in [1.82, 2.24) is 0 Å². The van der Waals surface area contributed by atoms with Crippen molar-refractivity contribution < 1.29 is 4.74 Å². The van der Waals surface area contributed by atoms with Gasteiger partial charge in [-0.05, 0) is 68.5 Å². The highest BCUT2D eigenvalue weighted by Crippen LogP contribution is 2.43. The molecule has 132 valence electrons. The van der Waals surface area contributed by atoms with E-state index in [9.17, 15) is 0 Å². The molecule has 0 bridgehead atoms. The van der Waals surface area contributed by atoms with E-state index in [-0.39, 0.29) is 5.54 Å². The molecule has 25 heavy (non-hydrogen) atoms. The van der Waals surface area contributed by atoms with Gasteiger partial charge in [0.05, 0.1) is 7.11 Å². The molecule has 1 heterocycles. The summed E-state index contributed by atoms with van der Waals surface area (Å²) in [5.41, 5.74) is 4.97. The molecule has 0 aromatic heterocycles. The molecule has 3 nitrogen and oxygen atoms in total. The van der Waals surface area contributed by atoms with Crippen molar-refractivity contribution in [3.8, 4) is 5.75 Å². The van der Waals surface area contributed by atoms with Crippen LogP contribution in [0.15, 0.2) is 47.5 Å². The zero-order chi connectivity index (χ0) is 18.0. The van der Waals surface area contributed by atoms with E-state index >= 15 is 0 Å². The molecule has 1 aliphatic heterocycles. The fourth-order valence-corrected chi connectivity index (χ4v) is 4.07. The molecule has 0 amide bonds. The highest BCUT2D eigenvalue weighted by atomic mass is 16.5. The quantitative estimate of drug-likeness (QED) is 0.683. The van der Waals surface area contributed by atoms with E-state index in [1.54, 1.807) is 7.11 Å². The molecule has 0 saturated carbocycles. The lowest BCUT2D eigenvalue weighted by molar-refractivity contribution is 0.381. The Morgan fingerprint density at radius 1 is 1.24 bits per heavy atom. The summed E-state index contributed by atoms with van der Waals surface area (Å²) in [4.78, 5) is 7.14. The predicted octanol–water partition coefficient (Wildman–Crippen LogP) is 5.56. The van der Waals surface area contributed by atoms with Gasteiger partial charge in [0.15, 0.2) is 0 Å². The van der Waals surface area contributed by atoms with Crippen LogP contribution in [0.25, 0.3) is 0 Å². The van der Waals surface area contributed by atoms with Crippen LogP contribution in [0.1, 0.15) is 51.2 Å². The number of methoxy groups -OCH3 is 1.